The van der Waals surface area contributed by atoms with E-state index >= 15 is 0 Å². The van der Waals surface area contributed by atoms with E-state index in [1.54, 1.807) is 37.4 Å². The Labute approximate surface area is 169 Å². The number of benzene rings is 3. The van der Waals surface area contributed by atoms with Crippen molar-refractivity contribution in [1.82, 2.24) is 5.32 Å². The molecule has 6 heteroatoms. The molecule has 0 aliphatic rings. The van der Waals surface area contributed by atoms with Crippen LogP contribution < -0.4 is 20.1 Å². The molecule has 0 radical (unpaired) electrons. The quantitative estimate of drug-likeness (QED) is 0.609. The number of nitrogens with one attached hydrogen (secondary N) is 2. The zero-order valence-corrected chi connectivity index (χ0v) is 16.2. The molecule has 1 amide bonds. The molecule has 0 aliphatic heterocycles. The molecule has 5 nitrogen and oxygen atoms in total. The van der Waals surface area contributed by atoms with Gasteiger partial charge in [-0.3, -0.25) is 10.1 Å². The van der Waals surface area contributed by atoms with Crippen molar-refractivity contribution in [3.8, 4) is 11.5 Å². The fourth-order valence-electron chi connectivity index (χ4n) is 2.48. The third-order valence-electron chi connectivity index (χ3n) is 3.92. The van der Waals surface area contributed by atoms with Crippen LogP contribution in [0.4, 0.5) is 5.69 Å². The van der Waals surface area contributed by atoms with E-state index in [1.165, 1.54) is 0 Å². The van der Waals surface area contributed by atoms with Crippen molar-refractivity contribution in [2.45, 2.75) is 6.61 Å². The summed E-state index contributed by atoms with van der Waals surface area (Å²) in [4.78, 5) is 12.4. The Morgan fingerprint density at radius 3 is 2.39 bits per heavy atom. The number of thiocarbonyl (C=S) groups is 1. The molecular formula is C22H20N2O3S. The van der Waals surface area contributed by atoms with Gasteiger partial charge in [-0.1, -0.05) is 36.4 Å². The van der Waals surface area contributed by atoms with Gasteiger partial charge >= 0.3 is 0 Å². The van der Waals surface area contributed by atoms with Crippen molar-refractivity contribution < 1.29 is 14.3 Å². The highest BCUT2D eigenvalue weighted by Crippen LogP contribution is 2.17. The summed E-state index contributed by atoms with van der Waals surface area (Å²) in [5.74, 6) is 1.10. The van der Waals surface area contributed by atoms with Gasteiger partial charge in [-0.05, 0) is 54.2 Å². The lowest BCUT2D eigenvalue weighted by Gasteiger charge is -2.11. The van der Waals surface area contributed by atoms with Gasteiger partial charge in [0.25, 0.3) is 5.91 Å². The highest BCUT2D eigenvalue weighted by molar-refractivity contribution is 7.80. The number of anilines is 1. The Kier molecular flexibility index (Phi) is 6.59. The zero-order valence-electron chi connectivity index (χ0n) is 15.3. The molecule has 0 heterocycles. The van der Waals surface area contributed by atoms with E-state index in [0.29, 0.717) is 23.7 Å². The zero-order chi connectivity index (χ0) is 19.8. The van der Waals surface area contributed by atoms with Crippen LogP contribution in [0, 0.1) is 0 Å². The van der Waals surface area contributed by atoms with Crippen LogP contribution in [0.2, 0.25) is 0 Å². The fourth-order valence-corrected chi connectivity index (χ4v) is 2.69. The third kappa shape index (κ3) is 5.56. The lowest BCUT2D eigenvalue weighted by Crippen LogP contribution is -2.34. The predicted octanol–water partition coefficient (Wildman–Crippen LogP) is 4.40. The number of hydrogen-bond acceptors (Lipinski definition) is 4. The summed E-state index contributed by atoms with van der Waals surface area (Å²) in [6.45, 7) is 0.473. The number of carbonyl (C=O) groups is 1. The van der Waals surface area contributed by atoms with Gasteiger partial charge in [0, 0.05) is 17.3 Å². The average molecular weight is 392 g/mol. The Morgan fingerprint density at radius 2 is 1.68 bits per heavy atom. The van der Waals surface area contributed by atoms with Gasteiger partial charge in [-0.15, -0.1) is 0 Å². The summed E-state index contributed by atoms with van der Waals surface area (Å²) in [7, 11) is 1.59. The van der Waals surface area contributed by atoms with Crippen molar-refractivity contribution >= 4 is 28.9 Å². The number of methoxy groups -OCH3 is 1. The van der Waals surface area contributed by atoms with Crippen LogP contribution in [0.25, 0.3) is 0 Å². The van der Waals surface area contributed by atoms with Crippen LogP contribution in [0.1, 0.15) is 15.9 Å². The summed E-state index contributed by atoms with van der Waals surface area (Å²) in [5, 5.41) is 5.83. The molecule has 28 heavy (non-hydrogen) atoms. The van der Waals surface area contributed by atoms with E-state index < -0.39 is 0 Å². The summed E-state index contributed by atoms with van der Waals surface area (Å²) in [6, 6.07) is 24.1. The largest absolute Gasteiger partial charge is 0.497 e. The number of carbonyl (C=O) groups excluding carboxylic acids is 1. The summed E-state index contributed by atoms with van der Waals surface area (Å²) in [5.41, 5.74) is 2.30. The molecule has 0 bridgehead atoms. The lowest BCUT2D eigenvalue weighted by molar-refractivity contribution is 0.0977. The standard InChI is InChI=1S/C22H20N2O3S/c1-26-20-9-5-8-18(14-20)23-22(28)24-21(25)17-10-12-19(13-11-17)27-15-16-6-3-2-4-7-16/h2-14H,15H2,1H3,(H2,23,24,25,28). The normalized spacial score (nSPS) is 10.0. The van der Waals surface area contributed by atoms with Crippen molar-refractivity contribution in [3.05, 3.63) is 90.0 Å². The summed E-state index contributed by atoms with van der Waals surface area (Å²) < 4.78 is 10.9. The van der Waals surface area contributed by atoms with Crippen LogP contribution >= 0.6 is 12.2 Å². The summed E-state index contributed by atoms with van der Waals surface area (Å²) in [6.07, 6.45) is 0. The second kappa shape index (κ2) is 9.53. The molecule has 0 unspecified atom stereocenters. The Balaban J connectivity index is 1.53. The smallest absolute Gasteiger partial charge is 0.257 e. The molecule has 0 aliphatic carbocycles. The maximum Gasteiger partial charge on any atom is 0.257 e. The van der Waals surface area contributed by atoms with Gasteiger partial charge in [0.2, 0.25) is 0 Å². The molecule has 0 aromatic heterocycles. The van der Waals surface area contributed by atoms with Crippen LogP contribution in [-0.2, 0) is 6.61 Å². The fraction of sp³-hybridized carbons (Fsp3) is 0.0909. The van der Waals surface area contributed by atoms with Crippen LogP contribution in [-0.4, -0.2) is 18.1 Å². The first-order valence-electron chi connectivity index (χ1n) is 8.67. The predicted molar refractivity (Wildman–Crippen MR) is 114 cm³/mol. The molecule has 3 rings (SSSR count). The van der Waals surface area contributed by atoms with Gasteiger partial charge in [0.05, 0.1) is 7.11 Å². The molecule has 0 atom stereocenters. The molecule has 0 saturated carbocycles. The molecule has 0 fully saturated rings. The minimum absolute atomic E-state index is 0.211. The van der Waals surface area contributed by atoms with E-state index in [4.69, 9.17) is 21.7 Å². The van der Waals surface area contributed by atoms with Crippen molar-refractivity contribution in [2.24, 2.45) is 0 Å². The molecular weight excluding hydrogens is 372 g/mol. The first-order valence-corrected chi connectivity index (χ1v) is 9.08. The van der Waals surface area contributed by atoms with Crippen molar-refractivity contribution in [3.63, 3.8) is 0 Å². The molecule has 2 N–H and O–H groups in total. The van der Waals surface area contributed by atoms with Gasteiger partial charge in [0.1, 0.15) is 18.1 Å². The SMILES string of the molecule is COc1cccc(NC(=S)NC(=O)c2ccc(OCc3ccccc3)cc2)c1. The Hall–Kier alpha value is -3.38. The van der Waals surface area contributed by atoms with E-state index in [-0.39, 0.29) is 11.0 Å². The summed E-state index contributed by atoms with van der Waals surface area (Å²) >= 11 is 5.20. The number of ether oxygens (including phenoxy) is 2. The molecule has 142 valence electrons. The van der Waals surface area contributed by atoms with Crippen LogP contribution in [0.15, 0.2) is 78.9 Å². The maximum atomic E-state index is 12.4. The second-order valence-electron chi connectivity index (χ2n) is 5.94. The highest BCUT2D eigenvalue weighted by atomic mass is 32.1. The van der Waals surface area contributed by atoms with Gasteiger partial charge in [-0.25, -0.2) is 0 Å². The highest BCUT2D eigenvalue weighted by Gasteiger charge is 2.09. The van der Waals surface area contributed by atoms with Crippen LogP contribution in [0.3, 0.4) is 0 Å². The number of rotatable bonds is 6. The monoisotopic (exact) mass is 392 g/mol. The Morgan fingerprint density at radius 1 is 0.929 bits per heavy atom. The van der Waals surface area contributed by atoms with E-state index in [9.17, 15) is 4.79 Å². The molecule has 3 aromatic carbocycles. The average Bonchev–Trinajstić information content (AvgIpc) is 2.73. The number of hydrogen-bond donors (Lipinski definition) is 2. The van der Waals surface area contributed by atoms with Crippen LogP contribution in [0.5, 0.6) is 11.5 Å². The van der Waals surface area contributed by atoms with Gasteiger partial charge < -0.3 is 14.8 Å². The maximum absolute atomic E-state index is 12.4. The van der Waals surface area contributed by atoms with Gasteiger partial charge in [0.15, 0.2) is 5.11 Å². The minimum atomic E-state index is -0.296. The van der Waals surface area contributed by atoms with Gasteiger partial charge in [-0.2, -0.15) is 0 Å². The van der Waals surface area contributed by atoms with Crippen molar-refractivity contribution in [1.29, 1.82) is 0 Å². The topological polar surface area (TPSA) is 59.6 Å². The molecule has 0 spiro atoms. The third-order valence-corrected chi connectivity index (χ3v) is 4.12. The molecule has 3 aromatic rings. The van der Waals surface area contributed by atoms with E-state index in [0.717, 1.165) is 11.3 Å². The second-order valence-corrected chi connectivity index (χ2v) is 6.35. The lowest BCUT2D eigenvalue weighted by atomic mass is 10.2. The molecule has 0 saturated heterocycles. The first-order chi connectivity index (χ1) is 13.6. The minimum Gasteiger partial charge on any atom is -0.497 e. The number of amides is 1. The first kappa shape index (κ1) is 19.4. The van der Waals surface area contributed by atoms with E-state index in [2.05, 4.69) is 10.6 Å². The Bertz CT molecular complexity index is 944. The van der Waals surface area contributed by atoms with Crippen molar-refractivity contribution in [2.75, 3.05) is 12.4 Å². The van der Waals surface area contributed by atoms with E-state index in [1.807, 2.05) is 48.5 Å².